The van der Waals surface area contributed by atoms with Crippen molar-refractivity contribution in [1.29, 1.82) is 0 Å². The Morgan fingerprint density at radius 2 is 2.14 bits per heavy atom. The van der Waals surface area contributed by atoms with E-state index in [-0.39, 0.29) is 11.9 Å². The van der Waals surface area contributed by atoms with Gasteiger partial charge in [0.25, 0.3) is 0 Å². The first kappa shape index (κ1) is 14.9. The molecule has 3 rings (SSSR count). The molecule has 0 spiro atoms. The summed E-state index contributed by atoms with van der Waals surface area (Å²) >= 11 is 1.55. The number of carbonyl (C=O) groups is 1. The van der Waals surface area contributed by atoms with E-state index in [1.165, 1.54) is 24.8 Å². The van der Waals surface area contributed by atoms with Gasteiger partial charge in [0, 0.05) is 19.1 Å². The molecule has 2 atom stereocenters. The lowest BCUT2D eigenvalue weighted by Gasteiger charge is -2.20. The quantitative estimate of drug-likeness (QED) is 0.785. The lowest BCUT2D eigenvalue weighted by Crippen LogP contribution is -2.29. The monoisotopic (exact) mass is 308 g/mol. The predicted molar refractivity (Wildman–Crippen MR) is 87.4 cm³/mol. The number of carbonyl (C=O) groups excluding carboxylic acids is 1. The van der Waals surface area contributed by atoms with Gasteiger partial charge < -0.3 is 15.8 Å². The molecular weight excluding hydrogens is 284 g/mol. The number of hydrogen-bond donors (Lipinski definition) is 2. The van der Waals surface area contributed by atoms with Crippen molar-refractivity contribution in [3.8, 4) is 0 Å². The third-order valence-electron chi connectivity index (χ3n) is 4.62. The van der Waals surface area contributed by atoms with E-state index < -0.39 is 0 Å². The second kappa shape index (κ2) is 5.97. The number of nitrogens with one attached hydrogen (secondary N) is 1. The van der Waals surface area contributed by atoms with Crippen LogP contribution in [0, 0.1) is 0 Å². The van der Waals surface area contributed by atoms with Crippen molar-refractivity contribution >= 4 is 27.8 Å². The van der Waals surface area contributed by atoms with E-state index in [2.05, 4.69) is 5.32 Å². The second-order valence-electron chi connectivity index (χ2n) is 6.09. The standard InChI is InChI=1S/C16H24N2O2S/c1-3-11(19)15-14(17)13(9-7-8-9)16(21-15)18-10-5-4-6-12(10)20-2/h9-10,12,18H,3-8,17H2,1-2H3. The number of nitrogen functional groups attached to an aromatic ring is 1. The number of Topliss-reactive ketones (excluding diaryl/α,β-unsaturated/α-hetero) is 1. The van der Waals surface area contributed by atoms with Crippen LogP contribution < -0.4 is 11.1 Å². The molecular formula is C16H24N2O2S. The van der Waals surface area contributed by atoms with Crippen molar-refractivity contribution < 1.29 is 9.53 Å². The van der Waals surface area contributed by atoms with Gasteiger partial charge >= 0.3 is 0 Å². The Balaban J connectivity index is 1.88. The summed E-state index contributed by atoms with van der Waals surface area (Å²) in [6.45, 7) is 1.89. The van der Waals surface area contributed by atoms with Gasteiger partial charge in [-0.05, 0) is 38.0 Å². The van der Waals surface area contributed by atoms with Crippen molar-refractivity contribution in [3.63, 3.8) is 0 Å². The molecule has 0 aromatic carbocycles. The predicted octanol–water partition coefficient (Wildman–Crippen LogP) is 3.78. The maximum atomic E-state index is 12.1. The first-order chi connectivity index (χ1) is 10.2. The molecule has 0 amide bonds. The van der Waals surface area contributed by atoms with E-state index in [1.807, 2.05) is 6.92 Å². The minimum Gasteiger partial charge on any atom is -0.397 e. The summed E-state index contributed by atoms with van der Waals surface area (Å²) in [6, 6.07) is 0.343. The van der Waals surface area contributed by atoms with Gasteiger partial charge in [-0.25, -0.2) is 0 Å². The second-order valence-corrected chi connectivity index (χ2v) is 7.12. The van der Waals surface area contributed by atoms with Crippen LogP contribution in [-0.2, 0) is 4.74 Å². The molecule has 1 heterocycles. The Labute approximate surface area is 130 Å². The van der Waals surface area contributed by atoms with Gasteiger partial charge in [0.15, 0.2) is 5.78 Å². The number of rotatable bonds is 6. The van der Waals surface area contributed by atoms with Gasteiger partial charge in [-0.3, -0.25) is 4.79 Å². The third-order valence-corrected chi connectivity index (χ3v) is 5.81. The fourth-order valence-electron chi connectivity index (χ4n) is 3.25. The summed E-state index contributed by atoms with van der Waals surface area (Å²) in [7, 11) is 1.78. The summed E-state index contributed by atoms with van der Waals surface area (Å²) in [5.41, 5.74) is 8.20. The highest BCUT2D eigenvalue weighted by Crippen LogP contribution is 2.51. The normalized spacial score (nSPS) is 25.2. The molecule has 21 heavy (non-hydrogen) atoms. The lowest BCUT2D eigenvalue weighted by atomic mass is 10.1. The summed E-state index contributed by atoms with van der Waals surface area (Å²) in [5, 5.41) is 4.75. The Kier molecular flexibility index (Phi) is 4.22. The van der Waals surface area contributed by atoms with Gasteiger partial charge in [-0.15, -0.1) is 11.3 Å². The van der Waals surface area contributed by atoms with Crippen molar-refractivity contribution in [3.05, 3.63) is 10.4 Å². The molecule has 2 fully saturated rings. The molecule has 3 N–H and O–H groups in total. The first-order valence-corrected chi connectivity index (χ1v) is 8.72. The van der Waals surface area contributed by atoms with E-state index in [4.69, 9.17) is 10.5 Å². The van der Waals surface area contributed by atoms with Crippen molar-refractivity contribution in [2.75, 3.05) is 18.2 Å². The fourth-order valence-corrected chi connectivity index (χ4v) is 4.53. The Bertz CT molecular complexity index is 537. The number of ketones is 1. The Morgan fingerprint density at radius 3 is 2.76 bits per heavy atom. The summed E-state index contributed by atoms with van der Waals surface area (Å²) in [4.78, 5) is 12.8. The number of nitrogens with two attached hydrogens (primary N) is 1. The average Bonchev–Trinajstić information content (AvgIpc) is 3.13. The highest BCUT2D eigenvalue weighted by Gasteiger charge is 2.35. The maximum Gasteiger partial charge on any atom is 0.174 e. The average molecular weight is 308 g/mol. The van der Waals surface area contributed by atoms with Crippen molar-refractivity contribution in [2.45, 2.75) is 63.5 Å². The van der Waals surface area contributed by atoms with Crippen LogP contribution >= 0.6 is 11.3 Å². The molecule has 1 aromatic rings. The zero-order valence-corrected chi connectivity index (χ0v) is 13.6. The zero-order valence-electron chi connectivity index (χ0n) is 12.8. The number of methoxy groups -OCH3 is 1. The minimum atomic E-state index is 0.155. The smallest absolute Gasteiger partial charge is 0.174 e. The van der Waals surface area contributed by atoms with Crippen LogP contribution in [0.25, 0.3) is 0 Å². The molecule has 0 aliphatic heterocycles. The lowest BCUT2D eigenvalue weighted by molar-refractivity contribution is 0.0992. The van der Waals surface area contributed by atoms with E-state index >= 15 is 0 Å². The molecule has 2 unspecified atom stereocenters. The van der Waals surface area contributed by atoms with Crippen LogP contribution in [0.2, 0.25) is 0 Å². The molecule has 0 radical (unpaired) electrons. The number of ether oxygens (including phenoxy) is 1. The molecule has 116 valence electrons. The van der Waals surface area contributed by atoms with Crippen molar-refractivity contribution in [2.24, 2.45) is 0 Å². The Hall–Kier alpha value is -1.07. The molecule has 1 aromatic heterocycles. The summed E-state index contributed by atoms with van der Waals surface area (Å²) < 4.78 is 5.56. The van der Waals surface area contributed by atoms with E-state index in [9.17, 15) is 4.79 Å². The number of hydrogen-bond acceptors (Lipinski definition) is 5. The summed E-state index contributed by atoms with van der Waals surface area (Å²) in [5.74, 6) is 0.701. The molecule has 2 aliphatic carbocycles. The minimum absolute atomic E-state index is 0.155. The zero-order chi connectivity index (χ0) is 15.0. The highest BCUT2D eigenvalue weighted by atomic mass is 32.1. The van der Waals surface area contributed by atoms with Gasteiger partial charge in [0.05, 0.1) is 27.7 Å². The highest BCUT2D eigenvalue weighted by molar-refractivity contribution is 7.18. The molecule has 0 saturated heterocycles. The van der Waals surface area contributed by atoms with Crippen LogP contribution in [0.15, 0.2) is 0 Å². The molecule has 2 saturated carbocycles. The Morgan fingerprint density at radius 1 is 1.38 bits per heavy atom. The number of anilines is 2. The van der Waals surface area contributed by atoms with Crippen molar-refractivity contribution in [1.82, 2.24) is 0 Å². The van der Waals surface area contributed by atoms with Gasteiger partial charge in [-0.1, -0.05) is 6.92 Å². The molecule has 5 heteroatoms. The molecule has 4 nitrogen and oxygen atoms in total. The molecule has 2 aliphatic rings. The van der Waals surface area contributed by atoms with E-state index in [1.54, 1.807) is 18.4 Å². The SMILES string of the molecule is CCC(=O)c1sc(NC2CCCC2OC)c(C2CC2)c1N. The van der Waals surface area contributed by atoms with Crippen LogP contribution in [0.4, 0.5) is 10.7 Å². The van der Waals surface area contributed by atoms with Crippen LogP contribution in [0.3, 0.4) is 0 Å². The molecule has 0 bridgehead atoms. The summed E-state index contributed by atoms with van der Waals surface area (Å²) in [6.07, 6.45) is 6.58. The van der Waals surface area contributed by atoms with E-state index in [0.29, 0.717) is 18.4 Å². The van der Waals surface area contributed by atoms with E-state index in [0.717, 1.165) is 28.4 Å². The van der Waals surface area contributed by atoms with Gasteiger partial charge in [0.2, 0.25) is 0 Å². The maximum absolute atomic E-state index is 12.1. The topological polar surface area (TPSA) is 64.3 Å². The van der Waals surface area contributed by atoms with Gasteiger partial charge in [-0.2, -0.15) is 0 Å². The largest absolute Gasteiger partial charge is 0.397 e. The fraction of sp³-hybridized carbons (Fsp3) is 0.688. The van der Waals surface area contributed by atoms with Gasteiger partial charge in [0.1, 0.15) is 0 Å². The van der Waals surface area contributed by atoms with Crippen LogP contribution in [0.1, 0.15) is 66.6 Å². The van der Waals surface area contributed by atoms with Crippen LogP contribution in [0.5, 0.6) is 0 Å². The third kappa shape index (κ3) is 2.81. The number of thiophene rings is 1. The first-order valence-electron chi connectivity index (χ1n) is 7.90. The van der Waals surface area contributed by atoms with Crippen LogP contribution in [-0.4, -0.2) is 25.0 Å².